The van der Waals surface area contributed by atoms with Gasteiger partial charge in [-0.3, -0.25) is 4.79 Å². The van der Waals surface area contributed by atoms with E-state index in [1.807, 2.05) is 0 Å². The largest absolute Gasteiger partial charge is 0.461 e. The van der Waals surface area contributed by atoms with E-state index in [1.54, 1.807) is 0 Å². The number of likely N-dealkylation sites (tertiary alicyclic amines) is 1. The van der Waals surface area contributed by atoms with E-state index in [9.17, 15) is 4.79 Å². The molecule has 0 saturated carbocycles. The molecule has 4 atom stereocenters. The van der Waals surface area contributed by atoms with Crippen molar-refractivity contribution in [3.8, 4) is 0 Å². The van der Waals surface area contributed by atoms with Gasteiger partial charge in [-0.15, -0.1) is 0 Å². The van der Waals surface area contributed by atoms with Gasteiger partial charge in [-0.05, 0) is 63.1 Å². The molecular weight excluding hydrogens is 274 g/mol. The van der Waals surface area contributed by atoms with Gasteiger partial charge in [0.15, 0.2) is 0 Å². The van der Waals surface area contributed by atoms with E-state index in [0.29, 0.717) is 0 Å². The molecule has 4 aliphatic rings. The molecule has 0 aromatic carbocycles. The van der Waals surface area contributed by atoms with E-state index >= 15 is 0 Å². The van der Waals surface area contributed by atoms with Crippen molar-refractivity contribution in [2.75, 3.05) is 19.6 Å². The summed E-state index contributed by atoms with van der Waals surface area (Å²) in [6.07, 6.45) is 10.8. The first-order chi connectivity index (χ1) is 10.6. The molecule has 2 fully saturated rings. The molecule has 0 aromatic rings. The number of rotatable bonds is 2. The minimum atomic E-state index is 0.0441. The number of nitrogens with zero attached hydrogens (tertiary/aromatic N) is 1. The van der Waals surface area contributed by atoms with Crippen LogP contribution >= 0.6 is 0 Å². The first-order valence-electron chi connectivity index (χ1n) is 8.89. The van der Waals surface area contributed by atoms with Gasteiger partial charge in [0.05, 0.1) is 5.92 Å². The van der Waals surface area contributed by atoms with Crippen molar-refractivity contribution < 1.29 is 9.53 Å². The summed E-state index contributed by atoms with van der Waals surface area (Å²) in [5.41, 5.74) is 3.12. The molecule has 0 bridgehead atoms. The highest BCUT2D eigenvalue weighted by molar-refractivity contribution is 5.76. The Bertz CT molecular complexity index is 544. The second-order valence-corrected chi connectivity index (χ2v) is 7.94. The van der Waals surface area contributed by atoms with Crippen LogP contribution in [0.5, 0.6) is 0 Å². The van der Waals surface area contributed by atoms with Crippen molar-refractivity contribution >= 4 is 5.97 Å². The van der Waals surface area contributed by atoms with Crippen molar-refractivity contribution in [3.63, 3.8) is 0 Å². The summed E-state index contributed by atoms with van der Waals surface area (Å²) in [6.45, 7) is 7.77. The van der Waals surface area contributed by atoms with Gasteiger partial charge >= 0.3 is 5.97 Å². The average molecular weight is 301 g/mol. The van der Waals surface area contributed by atoms with Gasteiger partial charge in [0.25, 0.3) is 0 Å². The molecule has 0 amide bonds. The summed E-state index contributed by atoms with van der Waals surface area (Å²) in [6, 6.07) is 0. The Kier molecular flexibility index (Phi) is 3.44. The van der Waals surface area contributed by atoms with E-state index in [0.717, 1.165) is 32.5 Å². The van der Waals surface area contributed by atoms with E-state index in [1.165, 1.54) is 30.4 Å². The predicted octanol–water partition coefficient (Wildman–Crippen LogP) is 3.32. The normalized spacial score (nSPS) is 41.5. The zero-order valence-electron chi connectivity index (χ0n) is 13.8. The van der Waals surface area contributed by atoms with Crippen molar-refractivity contribution in [2.45, 2.75) is 52.1 Å². The zero-order chi connectivity index (χ0) is 15.3. The van der Waals surface area contributed by atoms with E-state index < -0.39 is 0 Å². The highest BCUT2D eigenvalue weighted by atomic mass is 16.6. The van der Waals surface area contributed by atoms with Gasteiger partial charge in [-0.2, -0.15) is 0 Å². The van der Waals surface area contributed by atoms with Crippen molar-refractivity contribution in [2.24, 2.45) is 17.3 Å². The number of ether oxygens (including phenoxy) is 1. The van der Waals surface area contributed by atoms with Crippen LogP contribution in [0, 0.1) is 17.3 Å². The minimum Gasteiger partial charge on any atom is -0.461 e. The minimum absolute atomic E-state index is 0.0441. The molecule has 120 valence electrons. The summed E-state index contributed by atoms with van der Waals surface area (Å²) in [5.74, 6) is 0.384. The molecule has 0 aromatic heterocycles. The third kappa shape index (κ3) is 2.25. The molecule has 4 unspecified atom stereocenters. The van der Waals surface area contributed by atoms with Crippen LogP contribution in [0.3, 0.4) is 0 Å². The van der Waals surface area contributed by atoms with Crippen molar-refractivity contribution in [1.82, 2.24) is 4.90 Å². The Balaban J connectivity index is 1.62. The lowest BCUT2D eigenvalue weighted by Crippen LogP contribution is -2.38. The fourth-order valence-electron chi connectivity index (χ4n) is 5.08. The third-order valence-corrected chi connectivity index (χ3v) is 6.35. The second kappa shape index (κ2) is 5.23. The number of allylic oxidation sites excluding steroid dienone is 3. The smallest absolute Gasteiger partial charge is 0.311 e. The summed E-state index contributed by atoms with van der Waals surface area (Å²) in [4.78, 5) is 14.9. The van der Waals surface area contributed by atoms with Crippen LogP contribution in [0.15, 0.2) is 23.3 Å². The first-order valence-corrected chi connectivity index (χ1v) is 8.89. The van der Waals surface area contributed by atoms with Crippen LogP contribution < -0.4 is 0 Å². The number of carbonyl (C=O) groups excluding carboxylic acids is 1. The quantitative estimate of drug-likeness (QED) is 0.733. The SMILES string of the molecule is CC1=CCCC2(C)CC3OC(=O)C(CN4CCCC4)C3C=C12. The molecule has 3 heteroatoms. The Hall–Kier alpha value is -1.09. The van der Waals surface area contributed by atoms with E-state index in [-0.39, 0.29) is 29.3 Å². The monoisotopic (exact) mass is 301 g/mol. The van der Waals surface area contributed by atoms with Crippen LogP contribution in [-0.2, 0) is 9.53 Å². The molecule has 2 saturated heterocycles. The molecule has 2 heterocycles. The molecule has 0 spiro atoms. The molecular formula is C19H27NO2. The first kappa shape index (κ1) is 14.5. The second-order valence-electron chi connectivity index (χ2n) is 7.94. The van der Waals surface area contributed by atoms with Crippen LogP contribution in [0.2, 0.25) is 0 Å². The Morgan fingerprint density at radius 2 is 2.14 bits per heavy atom. The fraction of sp³-hybridized carbons (Fsp3) is 0.737. The Morgan fingerprint density at radius 3 is 2.91 bits per heavy atom. The van der Waals surface area contributed by atoms with Gasteiger partial charge in [-0.25, -0.2) is 0 Å². The maximum Gasteiger partial charge on any atom is 0.311 e. The summed E-state index contributed by atoms with van der Waals surface area (Å²) in [5, 5.41) is 0. The van der Waals surface area contributed by atoms with Crippen molar-refractivity contribution in [1.29, 1.82) is 0 Å². The lowest BCUT2D eigenvalue weighted by Gasteiger charge is -2.43. The number of carbonyl (C=O) groups is 1. The Labute approximate surface area is 133 Å². The molecule has 2 aliphatic carbocycles. The van der Waals surface area contributed by atoms with E-state index in [2.05, 4.69) is 30.9 Å². The zero-order valence-corrected chi connectivity index (χ0v) is 13.8. The molecule has 2 aliphatic heterocycles. The van der Waals surface area contributed by atoms with Crippen molar-refractivity contribution in [3.05, 3.63) is 23.3 Å². The molecule has 3 nitrogen and oxygen atoms in total. The molecule has 0 radical (unpaired) electrons. The summed E-state index contributed by atoms with van der Waals surface area (Å²) < 4.78 is 5.81. The maximum atomic E-state index is 12.4. The van der Waals surface area contributed by atoms with Crippen LogP contribution in [0.4, 0.5) is 0 Å². The molecule has 22 heavy (non-hydrogen) atoms. The molecule has 0 N–H and O–H groups in total. The number of fused-ring (bicyclic) bond motifs is 2. The van der Waals surface area contributed by atoms with Crippen LogP contribution in [0.25, 0.3) is 0 Å². The van der Waals surface area contributed by atoms with Gasteiger partial charge < -0.3 is 9.64 Å². The lowest BCUT2D eigenvalue weighted by atomic mass is 9.62. The predicted molar refractivity (Wildman–Crippen MR) is 86.3 cm³/mol. The molecule has 4 rings (SSSR count). The third-order valence-electron chi connectivity index (χ3n) is 6.35. The van der Waals surface area contributed by atoms with Gasteiger partial charge in [0.2, 0.25) is 0 Å². The van der Waals surface area contributed by atoms with Crippen LogP contribution in [-0.4, -0.2) is 36.6 Å². The van der Waals surface area contributed by atoms with Gasteiger partial charge in [0, 0.05) is 12.5 Å². The maximum absolute atomic E-state index is 12.4. The standard InChI is InChI=1S/C19H27NO2/c1-13-6-5-7-19(2)11-17-14(10-16(13)19)15(18(21)22-17)12-20-8-3-4-9-20/h6,10,14-15,17H,3-5,7-9,11-12H2,1-2H3. The number of hydrogen-bond acceptors (Lipinski definition) is 3. The van der Waals surface area contributed by atoms with E-state index in [4.69, 9.17) is 4.74 Å². The highest BCUT2D eigenvalue weighted by Gasteiger charge is 2.51. The summed E-state index contributed by atoms with van der Waals surface area (Å²) in [7, 11) is 0. The highest BCUT2D eigenvalue weighted by Crippen LogP contribution is 2.52. The van der Waals surface area contributed by atoms with Gasteiger partial charge in [0.1, 0.15) is 6.10 Å². The topological polar surface area (TPSA) is 29.5 Å². The van der Waals surface area contributed by atoms with Crippen LogP contribution in [0.1, 0.15) is 46.0 Å². The number of hydrogen-bond donors (Lipinski definition) is 0. The fourth-order valence-corrected chi connectivity index (χ4v) is 5.08. The Morgan fingerprint density at radius 1 is 1.36 bits per heavy atom. The lowest BCUT2D eigenvalue weighted by molar-refractivity contribution is -0.145. The average Bonchev–Trinajstić information content (AvgIpc) is 3.06. The van der Waals surface area contributed by atoms with Gasteiger partial charge in [-0.1, -0.05) is 24.6 Å². The summed E-state index contributed by atoms with van der Waals surface area (Å²) >= 11 is 0. The number of esters is 1.